The van der Waals surface area contributed by atoms with E-state index in [1.807, 2.05) is 42.5 Å². The van der Waals surface area contributed by atoms with Crippen LogP contribution in [0.25, 0.3) is 11.1 Å². The predicted octanol–water partition coefficient (Wildman–Crippen LogP) is 3.78. The Morgan fingerprint density at radius 3 is 2.42 bits per heavy atom. The zero-order chi connectivity index (χ0) is 25.1. The summed E-state index contributed by atoms with van der Waals surface area (Å²) in [5.41, 5.74) is 5.34. The molecule has 2 aliphatic heterocycles. The molecule has 36 heavy (non-hydrogen) atoms. The van der Waals surface area contributed by atoms with E-state index >= 15 is 0 Å². The lowest BCUT2D eigenvalue weighted by Gasteiger charge is -2.34. The van der Waals surface area contributed by atoms with Crippen molar-refractivity contribution in [2.24, 2.45) is 0 Å². The van der Waals surface area contributed by atoms with Crippen molar-refractivity contribution in [2.75, 3.05) is 24.8 Å². The van der Waals surface area contributed by atoms with Gasteiger partial charge in [0.25, 0.3) is 5.91 Å². The number of rotatable bonds is 5. The van der Waals surface area contributed by atoms with Crippen molar-refractivity contribution in [1.82, 2.24) is 10.4 Å². The maximum atomic E-state index is 13.7. The number of likely N-dealkylation sites (tertiary alicyclic amines) is 1. The van der Waals surface area contributed by atoms with Crippen LogP contribution in [0.1, 0.15) is 28.8 Å². The third-order valence-corrected chi connectivity index (χ3v) is 6.49. The zero-order valence-corrected chi connectivity index (χ0v) is 19.6. The molecule has 5 rings (SSSR count). The summed E-state index contributed by atoms with van der Waals surface area (Å²) in [4.78, 5) is 28.8. The number of hydrogen-bond donors (Lipinski definition) is 3. The van der Waals surface area contributed by atoms with Crippen LogP contribution in [0.5, 0.6) is 11.5 Å². The van der Waals surface area contributed by atoms with Crippen molar-refractivity contribution >= 4 is 17.6 Å². The first-order chi connectivity index (χ1) is 17.5. The molecular weight excluding hydrogens is 462 g/mol. The largest absolute Gasteiger partial charge is 0.454 e. The maximum Gasteiger partial charge on any atom is 0.324 e. The highest BCUT2D eigenvalue weighted by Crippen LogP contribution is 2.37. The normalized spacial score (nSPS) is 15.0. The Bertz CT molecular complexity index is 1250. The van der Waals surface area contributed by atoms with E-state index < -0.39 is 5.91 Å². The Hall–Kier alpha value is -4.08. The van der Waals surface area contributed by atoms with E-state index in [4.69, 9.17) is 14.7 Å². The molecule has 3 amide bonds. The van der Waals surface area contributed by atoms with Gasteiger partial charge in [-0.2, -0.15) is 0 Å². The molecule has 3 N–H and O–H groups in total. The van der Waals surface area contributed by atoms with Gasteiger partial charge >= 0.3 is 6.03 Å². The lowest BCUT2D eigenvalue weighted by atomic mass is 10.0. The standard InChI is InChI=1S/C27H27N3O6/c31-23-10-12-29(13-11-23)27(33)30(16-18-4-6-19(7-5-18)26(32)28-34)22-3-1-2-20(14-22)21-8-9-24-25(15-21)36-17-35-24/h1-9,14-15,23,31,34H,10-13,16-17H2,(H,28,32). The Labute approximate surface area is 208 Å². The van der Waals surface area contributed by atoms with E-state index in [0.29, 0.717) is 43.0 Å². The van der Waals surface area contributed by atoms with Gasteiger partial charge in [0.05, 0.1) is 12.6 Å². The maximum absolute atomic E-state index is 13.7. The monoisotopic (exact) mass is 489 g/mol. The summed E-state index contributed by atoms with van der Waals surface area (Å²) in [5.74, 6) is 0.792. The first-order valence-electron chi connectivity index (χ1n) is 11.8. The zero-order valence-electron chi connectivity index (χ0n) is 19.6. The van der Waals surface area contributed by atoms with E-state index in [9.17, 15) is 14.7 Å². The number of piperidine rings is 1. The van der Waals surface area contributed by atoms with Gasteiger partial charge in [-0.1, -0.05) is 30.3 Å². The van der Waals surface area contributed by atoms with Crippen LogP contribution in [-0.2, 0) is 6.54 Å². The van der Waals surface area contributed by atoms with Crippen molar-refractivity contribution in [2.45, 2.75) is 25.5 Å². The van der Waals surface area contributed by atoms with Crippen molar-refractivity contribution in [3.05, 3.63) is 77.9 Å². The number of anilines is 1. The number of hydroxylamine groups is 1. The molecule has 1 saturated heterocycles. The molecule has 0 aromatic heterocycles. The van der Waals surface area contributed by atoms with Crippen LogP contribution in [0.15, 0.2) is 66.7 Å². The lowest BCUT2D eigenvalue weighted by Crippen LogP contribution is -2.47. The fourth-order valence-corrected chi connectivity index (χ4v) is 4.44. The fraction of sp³-hybridized carbons (Fsp3) is 0.259. The summed E-state index contributed by atoms with van der Waals surface area (Å²) in [5, 5.41) is 18.8. The third-order valence-electron chi connectivity index (χ3n) is 6.49. The smallest absolute Gasteiger partial charge is 0.324 e. The van der Waals surface area contributed by atoms with Gasteiger partial charge in [-0.25, -0.2) is 10.3 Å². The van der Waals surface area contributed by atoms with Gasteiger partial charge < -0.3 is 19.5 Å². The summed E-state index contributed by atoms with van der Waals surface area (Å²) < 4.78 is 10.9. The number of aliphatic hydroxyl groups is 1. The lowest BCUT2D eigenvalue weighted by molar-refractivity contribution is 0.0706. The van der Waals surface area contributed by atoms with Gasteiger partial charge in [-0.05, 0) is 65.9 Å². The molecule has 3 aromatic rings. The second-order valence-corrected chi connectivity index (χ2v) is 8.84. The number of fused-ring (bicyclic) bond motifs is 1. The van der Waals surface area contributed by atoms with Crippen molar-refractivity contribution in [1.29, 1.82) is 0 Å². The quantitative estimate of drug-likeness (QED) is 0.372. The molecule has 2 aliphatic rings. The molecule has 0 aliphatic carbocycles. The number of urea groups is 1. The number of amides is 3. The van der Waals surface area contributed by atoms with Gasteiger partial charge in [0.1, 0.15) is 0 Å². The Kier molecular flexibility index (Phi) is 6.75. The number of hydrogen-bond acceptors (Lipinski definition) is 6. The van der Waals surface area contributed by atoms with Gasteiger partial charge in [-0.3, -0.25) is 14.9 Å². The summed E-state index contributed by atoms with van der Waals surface area (Å²) in [7, 11) is 0. The number of carbonyl (C=O) groups is 2. The highest BCUT2D eigenvalue weighted by molar-refractivity contribution is 5.94. The predicted molar refractivity (Wildman–Crippen MR) is 132 cm³/mol. The van der Waals surface area contributed by atoms with Crippen molar-refractivity contribution in [3.8, 4) is 22.6 Å². The minimum Gasteiger partial charge on any atom is -0.454 e. The van der Waals surface area contributed by atoms with Gasteiger partial charge in [0, 0.05) is 24.3 Å². The first kappa shape index (κ1) is 23.7. The number of nitrogens with zero attached hydrogens (tertiary/aromatic N) is 2. The van der Waals surface area contributed by atoms with Crippen LogP contribution in [-0.4, -0.2) is 53.1 Å². The van der Waals surface area contributed by atoms with Crippen LogP contribution in [0.4, 0.5) is 10.5 Å². The Morgan fingerprint density at radius 1 is 0.944 bits per heavy atom. The molecule has 0 radical (unpaired) electrons. The fourth-order valence-electron chi connectivity index (χ4n) is 4.44. The number of nitrogens with one attached hydrogen (secondary N) is 1. The van der Waals surface area contributed by atoms with E-state index in [-0.39, 0.29) is 25.5 Å². The molecule has 3 aromatic carbocycles. The number of ether oxygens (including phenoxy) is 2. The summed E-state index contributed by atoms with van der Waals surface area (Å²) in [6.45, 7) is 1.44. The Morgan fingerprint density at radius 2 is 1.67 bits per heavy atom. The number of carbonyl (C=O) groups excluding carboxylic acids is 2. The molecular formula is C27H27N3O6. The molecule has 186 valence electrons. The van der Waals surface area contributed by atoms with E-state index in [2.05, 4.69) is 0 Å². The van der Waals surface area contributed by atoms with Gasteiger partial charge in [0.2, 0.25) is 6.79 Å². The molecule has 0 bridgehead atoms. The number of benzene rings is 3. The van der Waals surface area contributed by atoms with Crippen molar-refractivity contribution < 1.29 is 29.4 Å². The average Bonchev–Trinajstić information content (AvgIpc) is 3.40. The first-order valence-corrected chi connectivity index (χ1v) is 11.8. The molecule has 0 saturated carbocycles. The second-order valence-electron chi connectivity index (χ2n) is 8.84. The van der Waals surface area contributed by atoms with Crippen LogP contribution >= 0.6 is 0 Å². The van der Waals surface area contributed by atoms with Crippen LogP contribution in [0.3, 0.4) is 0 Å². The summed E-state index contributed by atoms with van der Waals surface area (Å²) >= 11 is 0. The molecule has 9 heteroatoms. The van der Waals surface area contributed by atoms with Crippen LogP contribution in [0, 0.1) is 0 Å². The Balaban J connectivity index is 1.45. The highest BCUT2D eigenvalue weighted by Gasteiger charge is 2.27. The molecule has 0 atom stereocenters. The molecule has 0 spiro atoms. The SMILES string of the molecule is O=C(NO)c1ccc(CN(C(=O)N2CCC(O)CC2)c2cccc(-c3ccc4c(c3)OCO4)c2)cc1. The van der Waals surface area contributed by atoms with Crippen LogP contribution in [0.2, 0.25) is 0 Å². The topological polar surface area (TPSA) is 112 Å². The van der Waals surface area contributed by atoms with Gasteiger partial charge in [0.15, 0.2) is 11.5 Å². The molecule has 2 heterocycles. The van der Waals surface area contributed by atoms with Gasteiger partial charge in [-0.15, -0.1) is 0 Å². The summed E-state index contributed by atoms with van der Waals surface area (Å²) in [6, 6.07) is 20.0. The van der Waals surface area contributed by atoms with Crippen molar-refractivity contribution in [3.63, 3.8) is 0 Å². The molecule has 0 unspecified atom stereocenters. The summed E-state index contributed by atoms with van der Waals surface area (Å²) in [6.07, 6.45) is 0.700. The minimum absolute atomic E-state index is 0.151. The van der Waals surface area contributed by atoms with E-state index in [0.717, 1.165) is 22.4 Å². The number of aliphatic hydroxyl groups excluding tert-OH is 1. The third kappa shape index (κ3) is 4.98. The second kappa shape index (κ2) is 10.3. The molecule has 1 fully saturated rings. The highest BCUT2D eigenvalue weighted by atomic mass is 16.7. The van der Waals surface area contributed by atoms with E-state index in [1.54, 1.807) is 39.5 Å². The molecule has 9 nitrogen and oxygen atoms in total. The minimum atomic E-state index is -0.599. The van der Waals surface area contributed by atoms with Crippen LogP contribution < -0.4 is 19.9 Å². The van der Waals surface area contributed by atoms with E-state index in [1.165, 1.54) is 0 Å². The average molecular weight is 490 g/mol.